The molecule has 0 aliphatic rings. The van der Waals surface area contributed by atoms with Gasteiger partial charge in [0, 0.05) is 0 Å². The molecule has 1 aromatic heterocycles. The van der Waals surface area contributed by atoms with Crippen LogP contribution in [-0.2, 0) is 16.1 Å². The topological polar surface area (TPSA) is 117 Å². The number of furan rings is 1. The number of hydrazone groups is 1. The molecule has 0 fully saturated rings. The Kier molecular flexibility index (Phi) is 6.76. The molecule has 0 radical (unpaired) electrons. The Morgan fingerprint density at radius 2 is 2.04 bits per heavy atom. The van der Waals surface area contributed by atoms with Crippen molar-refractivity contribution in [3.8, 4) is 11.8 Å². The van der Waals surface area contributed by atoms with Crippen molar-refractivity contribution in [2.24, 2.45) is 5.10 Å². The molecule has 0 aliphatic heterocycles. The average molecular weight is 340 g/mol. The zero-order valence-electron chi connectivity index (χ0n) is 13.3. The zero-order chi connectivity index (χ0) is 17.9. The summed E-state index contributed by atoms with van der Waals surface area (Å²) in [6, 6.07) is 12.0. The highest BCUT2D eigenvalue weighted by Gasteiger charge is 2.04. The van der Waals surface area contributed by atoms with Crippen molar-refractivity contribution in [2.75, 3.05) is 6.61 Å². The minimum Gasteiger partial charge on any atom is -0.484 e. The molecule has 0 atom stereocenters. The van der Waals surface area contributed by atoms with Crippen LogP contribution in [0, 0.1) is 11.3 Å². The van der Waals surface area contributed by atoms with Crippen molar-refractivity contribution in [3.05, 3.63) is 54.0 Å². The van der Waals surface area contributed by atoms with Gasteiger partial charge in [-0.15, -0.1) is 0 Å². The minimum absolute atomic E-state index is 0.113. The molecule has 8 heteroatoms. The third kappa shape index (κ3) is 6.58. The van der Waals surface area contributed by atoms with Crippen LogP contribution >= 0.6 is 0 Å². The quantitative estimate of drug-likeness (QED) is 0.555. The van der Waals surface area contributed by atoms with Crippen LogP contribution in [0.4, 0.5) is 0 Å². The predicted molar refractivity (Wildman–Crippen MR) is 88.5 cm³/mol. The number of carbonyl (C=O) groups is 2. The fraction of sp³-hybridized carbons (Fsp3) is 0.176. The third-order valence-electron chi connectivity index (χ3n) is 2.93. The van der Waals surface area contributed by atoms with Gasteiger partial charge in [-0.1, -0.05) is 0 Å². The van der Waals surface area contributed by atoms with Gasteiger partial charge in [-0.05, 0) is 42.0 Å². The van der Waals surface area contributed by atoms with Crippen molar-refractivity contribution in [1.82, 2.24) is 10.7 Å². The second-order valence-corrected chi connectivity index (χ2v) is 4.84. The maximum atomic E-state index is 11.7. The van der Waals surface area contributed by atoms with Crippen LogP contribution in [-0.4, -0.2) is 24.6 Å². The molecule has 25 heavy (non-hydrogen) atoms. The summed E-state index contributed by atoms with van der Waals surface area (Å²) in [5, 5.41) is 14.7. The van der Waals surface area contributed by atoms with E-state index in [0.29, 0.717) is 18.1 Å². The molecule has 2 amide bonds. The van der Waals surface area contributed by atoms with Gasteiger partial charge in [0.15, 0.2) is 6.61 Å². The Morgan fingerprint density at radius 3 is 2.72 bits per heavy atom. The van der Waals surface area contributed by atoms with E-state index in [-0.39, 0.29) is 18.9 Å². The molecule has 8 nitrogen and oxygen atoms in total. The van der Waals surface area contributed by atoms with Gasteiger partial charge in [0.25, 0.3) is 11.8 Å². The van der Waals surface area contributed by atoms with Gasteiger partial charge in [-0.2, -0.15) is 10.4 Å². The smallest absolute Gasteiger partial charge is 0.258 e. The van der Waals surface area contributed by atoms with Gasteiger partial charge >= 0.3 is 0 Å². The van der Waals surface area contributed by atoms with Crippen LogP contribution in [0.3, 0.4) is 0 Å². The maximum Gasteiger partial charge on any atom is 0.258 e. The Bertz CT molecular complexity index is 761. The normalized spacial score (nSPS) is 10.2. The Labute approximate surface area is 144 Å². The predicted octanol–water partition coefficient (Wildman–Crippen LogP) is 1.34. The number of nitrogens with zero attached hydrogens (tertiary/aromatic N) is 2. The third-order valence-corrected chi connectivity index (χ3v) is 2.93. The van der Waals surface area contributed by atoms with Crippen molar-refractivity contribution < 1.29 is 18.7 Å². The molecule has 0 saturated heterocycles. The average Bonchev–Trinajstić information content (AvgIpc) is 3.13. The molecule has 2 aromatic rings. The van der Waals surface area contributed by atoms with Gasteiger partial charge in [-0.3, -0.25) is 9.59 Å². The Hall–Kier alpha value is -3.60. The summed E-state index contributed by atoms with van der Waals surface area (Å²) >= 11 is 0. The summed E-state index contributed by atoms with van der Waals surface area (Å²) in [6.07, 6.45) is 2.74. The van der Waals surface area contributed by atoms with Crippen molar-refractivity contribution in [2.45, 2.75) is 13.0 Å². The van der Waals surface area contributed by atoms with Gasteiger partial charge in [0.2, 0.25) is 0 Å². The van der Waals surface area contributed by atoms with E-state index in [1.807, 2.05) is 0 Å². The number of rotatable bonds is 8. The van der Waals surface area contributed by atoms with E-state index in [1.54, 1.807) is 42.5 Å². The lowest BCUT2D eigenvalue weighted by molar-refractivity contribution is -0.123. The van der Waals surface area contributed by atoms with E-state index in [4.69, 9.17) is 14.4 Å². The van der Waals surface area contributed by atoms with Gasteiger partial charge in [0.05, 0.1) is 25.1 Å². The molecular formula is C17H16N4O4. The van der Waals surface area contributed by atoms with Crippen molar-refractivity contribution >= 4 is 18.0 Å². The molecule has 0 saturated carbocycles. The van der Waals surface area contributed by atoms with Gasteiger partial charge in [-0.25, -0.2) is 5.43 Å². The number of hydrogen-bond acceptors (Lipinski definition) is 6. The van der Waals surface area contributed by atoms with E-state index < -0.39 is 5.91 Å². The number of nitriles is 1. The van der Waals surface area contributed by atoms with Crippen LogP contribution in [0.25, 0.3) is 0 Å². The highest BCUT2D eigenvalue weighted by molar-refractivity contribution is 5.83. The zero-order valence-corrected chi connectivity index (χ0v) is 13.3. The molecule has 0 unspecified atom stereocenters. The first kappa shape index (κ1) is 17.7. The molecule has 0 bridgehead atoms. The van der Waals surface area contributed by atoms with Crippen molar-refractivity contribution in [1.29, 1.82) is 5.26 Å². The summed E-state index contributed by atoms with van der Waals surface area (Å²) in [7, 11) is 0. The first-order chi connectivity index (χ1) is 12.2. The van der Waals surface area contributed by atoms with E-state index in [1.165, 1.54) is 12.5 Å². The SMILES string of the molecule is N#CCC(=O)N/N=C\c1ccc(OCC(=O)NCc2ccco2)cc1. The summed E-state index contributed by atoms with van der Waals surface area (Å²) in [5.41, 5.74) is 2.96. The van der Waals surface area contributed by atoms with Crippen LogP contribution in [0.1, 0.15) is 17.7 Å². The van der Waals surface area contributed by atoms with Crippen LogP contribution in [0.15, 0.2) is 52.2 Å². The fourth-order valence-electron chi connectivity index (χ4n) is 1.74. The van der Waals surface area contributed by atoms with Crippen LogP contribution in [0.5, 0.6) is 5.75 Å². The van der Waals surface area contributed by atoms with Gasteiger partial charge in [0.1, 0.15) is 17.9 Å². The molecule has 2 N–H and O–H groups in total. The summed E-state index contributed by atoms with van der Waals surface area (Å²) in [5.74, 6) is 0.458. The van der Waals surface area contributed by atoms with E-state index in [9.17, 15) is 9.59 Å². The molecule has 1 aromatic carbocycles. The Morgan fingerprint density at radius 1 is 1.24 bits per heavy atom. The largest absolute Gasteiger partial charge is 0.484 e. The second-order valence-electron chi connectivity index (χ2n) is 4.84. The van der Waals surface area contributed by atoms with Gasteiger partial charge < -0.3 is 14.5 Å². The summed E-state index contributed by atoms with van der Waals surface area (Å²) in [4.78, 5) is 22.7. The molecule has 128 valence electrons. The minimum atomic E-state index is -0.473. The first-order valence-corrected chi connectivity index (χ1v) is 7.38. The molecule has 1 heterocycles. The Balaban J connectivity index is 1.72. The highest BCUT2D eigenvalue weighted by atomic mass is 16.5. The van der Waals surface area contributed by atoms with Crippen LogP contribution in [0.2, 0.25) is 0 Å². The monoisotopic (exact) mass is 340 g/mol. The lowest BCUT2D eigenvalue weighted by Crippen LogP contribution is -2.28. The standard InChI is InChI=1S/C17H16N4O4/c18-8-7-16(22)21-20-10-13-3-5-14(6-4-13)25-12-17(23)19-11-15-2-1-9-24-15/h1-6,9-10H,7,11-12H2,(H,19,23)(H,21,22)/b20-10-. The van der Waals surface area contributed by atoms with E-state index in [2.05, 4.69) is 15.8 Å². The lowest BCUT2D eigenvalue weighted by atomic mass is 10.2. The number of hydrogen-bond donors (Lipinski definition) is 2. The number of amides is 2. The lowest BCUT2D eigenvalue weighted by Gasteiger charge is -2.06. The first-order valence-electron chi connectivity index (χ1n) is 7.38. The summed E-state index contributed by atoms with van der Waals surface area (Å²) < 4.78 is 10.5. The van der Waals surface area contributed by atoms with Crippen LogP contribution < -0.4 is 15.5 Å². The number of ether oxygens (including phenoxy) is 1. The number of nitrogens with one attached hydrogen (secondary N) is 2. The molecule has 0 spiro atoms. The molecule has 0 aliphatic carbocycles. The fourth-order valence-corrected chi connectivity index (χ4v) is 1.74. The number of benzene rings is 1. The second kappa shape index (κ2) is 9.52. The number of carbonyl (C=O) groups excluding carboxylic acids is 2. The molecule has 2 rings (SSSR count). The highest BCUT2D eigenvalue weighted by Crippen LogP contribution is 2.11. The summed E-state index contributed by atoms with van der Waals surface area (Å²) in [6.45, 7) is 0.195. The van der Waals surface area contributed by atoms with E-state index >= 15 is 0 Å². The van der Waals surface area contributed by atoms with Crippen molar-refractivity contribution in [3.63, 3.8) is 0 Å². The van der Waals surface area contributed by atoms with E-state index in [0.717, 1.165) is 5.56 Å². The molecular weight excluding hydrogens is 324 g/mol. The maximum absolute atomic E-state index is 11.7.